The van der Waals surface area contributed by atoms with Gasteiger partial charge in [-0.1, -0.05) is 44.0 Å². The molecule has 0 N–H and O–H groups in total. The summed E-state index contributed by atoms with van der Waals surface area (Å²) in [6.45, 7) is 0. The van der Waals surface area contributed by atoms with Crippen LogP contribution in [0.4, 0.5) is 8.78 Å². The normalized spacial score (nSPS) is 12.2. The highest BCUT2D eigenvalue weighted by Gasteiger charge is 2.19. The predicted octanol–water partition coefficient (Wildman–Crippen LogP) is 5.41. The molecule has 1 unspecified atom stereocenters. The van der Waals surface area contributed by atoms with Gasteiger partial charge in [-0.25, -0.2) is 8.78 Å². The first kappa shape index (κ1) is 15.4. The van der Waals surface area contributed by atoms with E-state index in [1.165, 1.54) is 12.1 Å². The molecule has 106 valence electrons. The van der Waals surface area contributed by atoms with Crippen LogP contribution < -0.4 is 4.74 Å². The average molecular weight is 406 g/mol. The van der Waals surface area contributed by atoms with E-state index < -0.39 is 16.5 Å². The second kappa shape index (κ2) is 6.68. The summed E-state index contributed by atoms with van der Waals surface area (Å²) in [6, 6.07) is 9.95. The first-order valence-electron chi connectivity index (χ1n) is 5.92. The van der Waals surface area contributed by atoms with Crippen LogP contribution in [-0.4, -0.2) is 7.11 Å². The van der Waals surface area contributed by atoms with Crippen molar-refractivity contribution >= 4 is 31.9 Å². The van der Waals surface area contributed by atoms with Crippen LogP contribution >= 0.6 is 31.9 Å². The molecule has 0 heterocycles. The molecule has 1 atom stereocenters. The van der Waals surface area contributed by atoms with Crippen molar-refractivity contribution in [2.24, 2.45) is 0 Å². The SMILES string of the molecule is COc1cccc(CC(Br)c2c(F)cc(Br)cc2F)c1. The van der Waals surface area contributed by atoms with E-state index in [1.807, 2.05) is 24.3 Å². The molecule has 2 rings (SSSR count). The molecule has 0 bridgehead atoms. The fourth-order valence-corrected chi connectivity index (χ4v) is 3.17. The van der Waals surface area contributed by atoms with Gasteiger partial charge in [-0.3, -0.25) is 0 Å². The maximum absolute atomic E-state index is 13.9. The number of ether oxygens (including phenoxy) is 1. The Morgan fingerprint density at radius 3 is 2.40 bits per heavy atom. The Hall–Kier alpha value is -0.940. The van der Waals surface area contributed by atoms with E-state index >= 15 is 0 Å². The van der Waals surface area contributed by atoms with Crippen molar-refractivity contribution in [1.82, 2.24) is 0 Å². The van der Waals surface area contributed by atoms with E-state index in [0.717, 1.165) is 11.3 Å². The number of hydrogen-bond donors (Lipinski definition) is 0. The zero-order valence-corrected chi connectivity index (χ0v) is 13.8. The van der Waals surface area contributed by atoms with Crippen molar-refractivity contribution in [2.75, 3.05) is 7.11 Å². The number of methoxy groups -OCH3 is 1. The van der Waals surface area contributed by atoms with Gasteiger partial charge in [0.1, 0.15) is 17.4 Å². The van der Waals surface area contributed by atoms with Crippen molar-refractivity contribution in [3.05, 3.63) is 63.6 Å². The summed E-state index contributed by atoms with van der Waals surface area (Å²) >= 11 is 6.43. The lowest BCUT2D eigenvalue weighted by Gasteiger charge is -2.13. The number of hydrogen-bond acceptors (Lipinski definition) is 1. The van der Waals surface area contributed by atoms with Gasteiger partial charge in [0.25, 0.3) is 0 Å². The molecule has 2 aromatic rings. The van der Waals surface area contributed by atoms with Crippen LogP contribution in [0.25, 0.3) is 0 Å². The van der Waals surface area contributed by atoms with Crippen molar-refractivity contribution in [3.63, 3.8) is 0 Å². The van der Waals surface area contributed by atoms with E-state index in [-0.39, 0.29) is 5.56 Å². The van der Waals surface area contributed by atoms with Gasteiger partial charge in [0.05, 0.1) is 7.11 Å². The topological polar surface area (TPSA) is 9.23 Å². The quantitative estimate of drug-likeness (QED) is 0.617. The third-order valence-electron chi connectivity index (χ3n) is 2.91. The van der Waals surface area contributed by atoms with Gasteiger partial charge < -0.3 is 4.74 Å². The van der Waals surface area contributed by atoms with Crippen LogP contribution in [0, 0.1) is 11.6 Å². The summed E-state index contributed by atoms with van der Waals surface area (Å²) in [5.74, 6) is -0.415. The Morgan fingerprint density at radius 1 is 1.15 bits per heavy atom. The Bertz CT molecular complexity index is 594. The van der Waals surface area contributed by atoms with Gasteiger partial charge in [-0.2, -0.15) is 0 Å². The van der Waals surface area contributed by atoms with Crippen molar-refractivity contribution in [3.8, 4) is 5.75 Å². The smallest absolute Gasteiger partial charge is 0.131 e. The minimum absolute atomic E-state index is 0.0380. The summed E-state index contributed by atoms with van der Waals surface area (Å²) in [6.07, 6.45) is 0.465. The molecule has 0 fully saturated rings. The van der Waals surface area contributed by atoms with Gasteiger partial charge in [0.15, 0.2) is 0 Å². The lowest BCUT2D eigenvalue weighted by molar-refractivity contribution is 0.414. The molecule has 0 saturated carbocycles. The monoisotopic (exact) mass is 404 g/mol. The number of halogens is 4. The van der Waals surface area contributed by atoms with Crippen molar-refractivity contribution in [1.29, 1.82) is 0 Å². The minimum atomic E-state index is -0.568. The highest BCUT2D eigenvalue weighted by atomic mass is 79.9. The lowest BCUT2D eigenvalue weighted by atomic mass is 10.0. The van der Waals surface area contributed by atoms with Crippen LogP contribution in [0.1, 0.15) is 16.0 Å². The number of benzene rings is 2. The predicted molar refractivity (Wildman–Crippen MR) is 82.4 cm³/mol. The van der Waals surface area contributed by atoms with Gasteiger partial charge >= 0.3 is 0 Å². The molecule has 5 heteroatoms. The minimum Gasteiger partial charge on any atom is -0.497 e. The Kier molecular flexibility index (Phi) is 5.16. The third kappa shape index (κ3) is 3.58. The Balaban J connectivity index is 2.26. The molecule has 0 amide bonds. The lowest BCUT2D eigenvalue weighted by Crippen LogP contribution is -2.02. The highest BCUT2D eigenvalue weighted by molar-refractivity contribution is 9.10. The third-order valence-corrected chi connectivity index (χ3v) is 4.15. The van der Waals surface area contributed by atoms with Crippen molar-refractivity contribution < 1.29 is 13.5 Å². The van der Waals surface area contributed by atoms with E-state index in [4.69, 9.17) is 4.74 Å². The summed E-state index contributed by atoms with van der Waals surface area (Å²) in [5.41, 5.74) is 0.976. The maximum atomic E-state index is 13.9. The van der Waals surface area contributed by atoms with Gasteiger partial charge in [0.2, 0.25) is 0 Å². The van der Waals surface area contributed by atoms with E-state index in [2.05, 4.69) is 31.9 Å². The number of alkyl halides is 1. The average Bonchev–Trinajstić information content (AvgIpc) is 2.37. The largest absolute Gasteiger partial charge is 0.497 e. The molecular weight excluding hydrogens is 394 g/mol. The van der Waals surface area contributed by atoms with Crippen LogP contribution in [0.2, 0.25) is 0 Å². The van der Waals surface area contributed by atoms with Crippen LogP contribution in [-0.2, 0) is 6.42 Å². The molecule has 2 aromatic carbocycles. The van der Waals surface area contributed by atoms with Crippen LogP contribution in [0.3, 0.4) is 0 Å². The Labute approximate surface area is 133 Å². The fourth-order valence-electron chi connectivity index (χ4n) is 1.96. The van der Waals surface area contributed by atoms with Gasteiger partial charge in [-0.15, -0.1) is 0 Å². The van der Waals surface area contributed by atoms with Gasteiger partial charge in [-0.05, 0) is 36.2 Å². The zero-order chi connectivity index (χ0) is 14.7. The summed E-state index contributed by atoms with van der Waals surface area (Å²) < 4.78 is 33.3. The zero-order valence-electron chi connectivity index (χ0n) is 10.7. The van der Waals surface area contributed by atoms with E-state index in [0.29, 0.717) is 10.9 Å². The summed E-state index contributed by atoms with van der Waals surface area (Å²) in [5, 5.41) is 0. The molecule has 0 aliphatic heterocycles. The van der Waals surface area contributed by atoms with Crippen molar-refractivity contribution in [2.45, 2.75) is 11.2 Å². The second-order valence-corrected chi connectivity index (χ2v) is 6.33. The molecule has 0 aromatic heterocycles. The second-order valence-electron chi connectivity index (χ2n) is 4.31. The molecule has 0 aliphatic carbocycles. The Morgan fingerprint density at radius 2 is 1.80 bits per heavy atom. The van der Waals surface area contributed by atoms with Gasteiger partial charge in [0, 0.05) is 14.9 Å². The fraction of sp³-hybridized carbons (Fsp3) is 0.200. The van der Waals surface area contributed by atoms with Crippen LogP contribution in [0.5, 0.6) is 5.75 Å². The van der Waals surface area contributed by atoms with E-state index in [1.54, 1.807) is 7.11 Å². The highest BCUT2D eigenvalue weighted by Crippen LogP contribution is 2.33. The molecule has 20 heavy (non-hydrogen) atoms. The molecular formula is C15H12Br2F2O. The molecule has 0 aliphatic rings. The number of rotatable bonds is 4. The standard InChI is InChI=1S/C15H12Br2F2O/c1-20-11-4-2-3-9(5-11)6-12(17)15-13(18)7-10(16)8-14(15)19/h2-5,7-8,12H,6H2,1H3. The summed E-state index contributed by atoms with van der Waals surface area (Å²) in [4.78, 5) is -0.442. The first-order valence-corrected chi connectivity index (χ1v) is 7.63. The maximum Gasteiger partial charge on any atom is 0.131 e. The first-order chi connectivity index (χ1) is 9.51. The molecule has 0 radical (unpaired) electrons. The van der Waals surface area contributed by atoms with E-state index in [9.17, 15) is 8.78 Å². The molecule has 1 nitrogen and oxygen atoms in total. The molecule has 0 saturated heterocycles. The van der Waals surface area contributed by atoms with Crippen LogP contribution in [0.15, 0.2) is 40.9 Å². The summed E-state index contributed by atoms with van der Waals surface area (Å²) in [7, 11) is 1.58. The molecule has 0 spiro atoms.